The van der Waals surface area contributed by atoms with Gasteiger partial charge in [-0.1, -0.05) is 26.7 Å². The van der Waals surface area contributed by atoms with Gasteiger partial charge in [0.1, 0.15) is 15.7 Å². The van der Waals surface area contributed by atoms with Crippen LogP contribution in [0.2, 0.25) is 0 Å². The molecule has 0 aromatic heterocycles. The van der Waals surface area contributed by atoms with Crippen molar-refractivity contribution in [2.75, 3.05) is 14.2 Å². The summed E-state index contributed by atoms with van der Waals surface area (Å²) in [5.41, 5.74) is 0. The molecule has 5 atom stereocenters. The van der Waals surface area contributed by atoms with Gasteiger partial charge in [0, 0.05) is 26.1 Å². The maximum absolute atomic E-state index is 5.99. The smallest absolute Gasteiger partial charge is 0.126 e. The Morgan fingerprint density at radius 3 is 1.68 bits per heavy atom. The average Bonchev–Trinajstić information content (AvgIpc) is 2.66. The SMILES string of the molecule is COC1CC(C)C([S+](C2CCCCC2)C2CCCCC2)C(C)C1OC. The highest BCUT2D eigenvalue weighted by molar-refractivity contribution is 7.98. The topological polar surface area (TPSA) is 18.5 Å². The van der Waals surface area contributed by atoms with Crippen molar-refractivity contribution >= 4 is 10.9 Å². The molecule has 3 heteroatoms. The maximum atomic E-state index is 5.99. The first-order valence-corrected chi connectivity index (χ1v) is 12.3. The van der Waals surface area contributed by atoms with Crippen molar-refractivity contribution in [2.24, 2.45) is 11.8 Å². The molecule has 3 rings (SSSR count). The Morgan fingerprint density at radius 1 is 0.720 bits per heavy atom. The second kappa shape index (κ2) is 9.46. The largest absolute Gasteiger partial charge is 0.379 e. The zero-order valence-electron chi connectivity index (χ0n) is 17.0. The van der Waals surface area contributed by atoms with E-state index in [1.807, 2.05) is 14.2 Å². The predicted octanol–water partition coefficient (Wildman–Crippen LogP) is 5.34. The van der Waals surface area contributed by atoms with Crippen LogP contribution in [0.25, 0.3) is 0 Å². The second-order valence-corrected chi connectivity index (χ2v) is 11.6. The van der Waals surface area contributed by atoms with Crippen molar-refractivity contribution in [3.8, 4) is 0 Å². The van der Waals surface area contributed by atoms with Crippen molar-refractivity contribution in [2.45, 2.75) is 112 Å². The maximum Gasteiger partial charge on any atom is 0.126 e. The van der Waals surface area contributed by atoms with Gasteiger partial charge < -0.3 is 9.47 Å². The first-order chi connectivity index (χ1) is 12.2. The minimum Gasteiger partial charge on any atom is -0.379 e. The molecule has 3 saturated carbocycles. The monoisotopic (exact) mass is 369 g/mol. The Kier molecular flexibility index (Phi) is 7.57. The van der Waals surface area contributed by atoms with E-state index >= 15 is 0 Å². The Morgan fingerprint density at radius 2 is 1.24 bits per heavy atom. The van der Waals surface area contributed by atoms with E-state index < -0.39 is 0 Å². The van der Waals surface area contributed by atoms with E-state index in [0.29, 0.717) is 16.8 Å². The molecule has 0 bridgehead atoms. The standard InChI is InChI=1S/C22H41O2S/c1-16-15-20(23-3)21(24-4)17(2)22(16)25(18-11-7-5-8-12-18)19-13-9-6-10-14-19/h16-22H,5-15H2,1-4H3/q+1. The molecule has 2 nitrogen and oxygen atoms in total. The van der Waals surface area contributed by atoms with Crippen LogP contribution in [0.1, 0.15) is 84.5 Å². The molecule has 3 aliphatic carbocycles. The number of hydrogen-bond donors (Lipinski definition) is 0. The molecule has 0 spiro atoms. The molecule has 0 saturated heterocycles. The predicted molar refractivity (Wildman–Crippen MR) is 109 cm³/mol. The Balaban J connectivity index is 1.84. The Labute approximate surface area is 159 Å². The molecule has 3 aliphatic rings. The van der Waals surface area contributed by atoms with Crippen LogP contribution in [-0.4, -0.2) is 42.2 Å². The summed E-state index contributed by atoms with van der Waals surface area (Å²) in [5.74, 6) is 1.41. The summed E-state index contributed by atoms with van der Waals surface area (Å²) in [4.78, 5) is 0. The zero-order chi connectivity index (χ0) is 17.8. The molecule has 0 amide bonds. The molecule has 146 valence electrons. The van der Waals surface area contributed by atoms with Crippen LogP contribution in [0.15, 0.2) is 0 Å². The summed E-state index contributed by atoms with van der Waals surface area (Å²) >= 11 is 0. The van der Waals surface area contributed by atoms with Gasteiger partial charge in [-0.25, -0.2) is 0 Å². The summed E-state index contributed by atoms with van der Waals surface area (Å²) in [6.45, 7) is 5.00. The third-order valence-electron chi connectivity index (χ3n) is 7.33. The minimum atomic E-state index is 0.286. The first kappa shape index (κ1) is 20.0. The van der Waals surface area contributed by atoms with E-state index in [-0.39, 0.29) is 12.2 Å². The molecule has 0 radical (unpaired) electrons. The van der Waals surface area contributed by atoms with Crippen LogP contribution >= 0.6 is 0 Å². The molecule has 0 aliphatic heterocycles. The molecular formula is C22H41O2S+. The molecular weight excluding hydrogens is 328 g/mol. The molecule has 0 N–H and O–H groups in total. The lowest BCUT2D eigenvalue weighted by molar-refractivity contribution is -0.0919. The van der Waals surface area contributed by atoms with Crippen LogP contribution in [0.5, 0.6) is 0 Å². The quantitative estimate of drug-likeness (QED) is 0.609. The fourth-order valence-corrected chi connectivity index (χ4v) is 10.7. The molecule has 0 heterocycles. The van der Waals surface area contributed by atoms with Gasteiger partial charge in [0.05, 0.1) is 12.2 Å². The van der Waals surface area contributed by atoms with E-state index in [2.05, 4.69) is 13.8 Å². The third kappa shape index (κ3) is 4.41. The van der Waals surface area contributed by atoms with E-state index in [4.69, 9.17) is 9.47 Å². The van der Waals surface area contributed by atoms with Gasteiger partial charge in [-0.15, -0.1) is 0 Å². The van der Waals surface area contributed by atoms with Crippen LogP contribution in [0.4, 0.5) is 0 Å². The van der Waals surface area contributed by atoms with E-state index in [0.717, 1.165) is 21.7 Å². The second-order valence-electron chi connectivity index (χ2n) is 8.94. The van der Waals surface area contributed by atoms with Gasteiger partial charge in [-0.05, 0) is 68.7 Å². The fourth-order valence-electron chi connectivity index (χ4n) is 6.18. The van der Waals surface area contributed by atoms with Crippen LogP contribution in [-0.2, 0) is 20.4 Å². The summed E-state index contributed by atoms with van der Waals surface area (Å²) < 4.78 is 11.8. The van der Waals surface area contributed by atoms with Crippen molar-refractivity contribution in [1.82, 2.24) is 0 Å². The highest BCUT2D eigenvalue weighted by atomic mass is 32.2. The highest BCUT2D eigenvalue weighted by Crippen LogP contribution is 2.45. The van der Waals surface area contributed by atoms with Crippen LogP contribution in [0.3, 0.4) is 0 Å². The first-order valence-electron chi connectivity index (χ1n) is 10.9. The lowest BCUT2D eigenvalue weighted by atomic mass is 9.78. The van der Waals surface area contributed by atoms with Crippen molar-refractivity contribution in [1.29, 1.82) is 0 Å². The minimum absolute atomic E-state index is 0.286. The van der Waals surface area contributed by atoms with Crippen LogP contribution in [0, 0.1) is 11.8 Å². The van der Waals surface area contributed by atoms with Crippen molar-refractivity contribution in [3.05, 3.63) is 0 Å². The number of ether oxygens (including phenoxy) is 2. The highest BCUT2D eigenvalue weighted by Gasteiger charge is 2.54. The van der Waals surface area contributed by atoms with Crippen molar-refractivity contribution in [3.63, 3.8) is 0 Å². The molecule has 0 aromatic rings. The number of rotatable bonds is 5. The lowest BCUT2D eigenvalue weighted by Crippen LogP contribution is -2.56. The van der Waals surface area contributed by atoms with Gasteiger partial charge in [0.2, 0.25) is 0 Å². The molecule has 5 unspecified atom stereocenters. The Bertz CT molecular complexity index is 371. The number of hydrogen-bond acceptors (Lipinski definition) is 2. The fraction of sp³-hybridized carbons (Fsp3) is 1.00. The van der Waals surface area contributed by atoms with E-state index in [9.17, 15) is 0 Å². The molecule has 25 heavy (non-hydrogen) atoms. The number of methoxy groups -OCH3 is 2. The van der Waals surface area contributed by atoms with Gasteiger partial charge >= 0.3 is 0 Å². The molecule has 0 aromatic carbocycles. The van der Waals surface area contributed by atoms with Crippen molar-refractivity contribution < 1.29 is 9.47 Å². The summed E-state index contributed by atoms with van der Waals surface area (Å²) in [7, 11) is 4.36. The van der Waals surface area contributed by atoms with Crippen LogP contribution < -0.4 is 0 Å². The summed E-state index contributed by atoms with van der Waals surface area (Å²) in [6, 6.07) is 0. The summed E-state index contributed by atoms with van der Waals surface area (Å²) in [6.07, 6.45) is 16.6. The van der Waals surface area contributed by atoms with E-state index in [1.165, 1.54) is 70.6 Å². The zero-order valence-corrected chi connectivity index (χ0v) is 17.9. The van der Waals surface area contributed by atoms with Gasteiger partial charge in [0.15, 0.2) is 0 Å². The van der Waals surface area contributed by atoms with Gasteiger partial charge in [0.25, 0.3) is 0 Å². The van der Waals surface area contributed by atoms with E-state index in [1.54, 1.807) is 0 Å². The lowest BCUT2D eigenvalue weighted by Gasteiger charge is -2.46. The Hall–Kier alpha value is 0.270. The molecule has 3 fully saturated rings. The summed E-state index contributed by atoms with van der Waals surface area (Å²) in [5, 5.41) is 2.86. The average molecular weight is 370 g/mol. The third-order valence-corrected chi connectivity index (χ3v) is 11.3. The van der Waals surface area contributed by atoms with Gasteiger partial charge in [-0.2, -0.15) is 0 Å². The normalized spacial score (nSPS) is 39.0. The van der Waals surface area contributed by atoms with Gasteiger partial charge in [-0.3, -0.25) is 0 Å².